The summed E-state index contributed by atoms with van der Waals surface area (Å²) in [4.78, 5) is 25.3. The van der Waals surface area contributed by atoms with Crippen molar-refractivity contribution in [1.29, 1.82) is 5.26 Å². The molecule has 0 spiro atoms. The van der Waals surface area contributed by atoms with E-state index in [1.165, 1.54) is 4.90 Å². The third-order valence-electron chi connectivity index (χ3n) is 3.64. The maximum atomic E-state index is 12.0. The molecule has 1 saturated heterocycles. The van der Waals surface area contributed by atoms with Crippen LogP contribution >= 0.6 is 0 Å². The predicted molar refractivity (Wildman–Crippen MR) is 56.9 cm³/mol. The molecular weight excluding hydrogens is 204 g/mol. The minimum atomic E-state index is -0.274. The third kappa shape index (κ3) is 1.60. The highest BCUT2D eigenvalue weighted by Crippen LogP contribution is 2.42. The highest BCUT2D eigenvalue weighted by atomic mass is 16.2. The van der Waals surface area contributed by atoms with Gasteiger partial charge in [-0.2, -0.15) is 5.26 Å². The van der Waals surface area contributed by atoms with Crippen molar-refractivity contribution < 1.29 is 9.59 Å². The molecule has 1 saturated carbocycles. The van der Waals surface area contributed by atoms with E-state index in [0.29, 0.717) is 5.92 Å². The van der Waals surface area contributed by atoms with Crippen molar-refractivity contribution in [2.45, 2.75) is 26.7 Å². The normalized spacial score (nSPS) is 35.1. The molecule has 4 nitrogen and oxygen atoms in total. The first-order valence-electron chi connectivity index (χ1n) is 5.79. The summed E-state index contributed by atoms with van der Waals surface area (Å²) in [6.45, 7) is 4.08. The van der Waals surface area contributed by atoms with Crippen molar-refractivity contribution in [2.24, 2.45) is 23.7 Å². The van der Waals surface area contributed by atoms with Gasteiger partial charge in [0, 0.05) is 6.54 Å². The number of amides is 2. The number of fused-ring (bicyclic) bond motifs is 1. The summed E-state index contributed by atoms with van der Waals surface area (Å²) in [6, 6.07) is 2.06. The first-order chi connectivity index (χ1) is 7.54. The SMILES string of the molecule is CC(C#N)CN1C(=O)C2CC(C)CC2C1=O. The number of likely N-dealkylation sites (tertiary alicyclic amines) is 1. The Hall–Kier alpha value is -1.37. The summed E-state index contributed by atoms with van der Waals surface area (Å²) < 4.78 is 0. The zero-order valence-electron chi connectivity index (χ0n) is 9.64. The zero-order chi connectivity index (χ0) is 11.9. The lowest BCUT2D eigenvalue weighted by Gasteiger charge is -2.17. The van der Waals surface area contributed by atoms with Gasteiger partial charge in [-0.3, -0.25) is 14.5 Å². The van der Waals surface area contributed by atoms with E-state index in [1.807, 2.05) is 0 Å². The summed E-state index contributed by atoms with van der Waals surface area (Å²) in [5, 5.41) is 8.71. The maximum absolute atomic E-state index is 12.0. The lowest BCUT2D eigenvalue weighted by atomic mass is 10.00. The molecule has 3 atom stereocenters. The van der Waals surface area contributed by atoms with Crippen LogP contribution in [0.1, 0.15) is 26.7 Å². The first-order valence-corrected chi connectivity index (χ1v) is 5.79. The fraction of sp³-hybridized carbons (Fsp3) is 0.750. The van der Waals surface area contributed by atoms with Crippen molar-refractivity contribution in [2.75, 3.05) is 6.54 Å². The highest BCUT2D eigenvalue weighted by molar-refractivity contribution is 6.05. The van der Waals surface area contributed by atoms with Crippen LogP contribution in [0.15, 0.2) is 0 Å². The molecule has 4 heteroatoms. The fourth-order valence-electron chi connectivity index (χ4n) is 2.84. The van der Waals surface area contributed by atoms with Crippen molar-refractivity contribution in [3.05, 3.63) is 0 Å². The lowest BCUT2D eigenvalue weighted by Crippen LogP contribution is -2.35. The molecule has 0 N–H and O–H groups in total. The number of nitrogens with zero attached hydrogens (tertiary/aromatic N) is 2. The topological polar surface area (TPSA) is 61.2 Å². The molecular formula is C12H16N2O2. The fourth-order valence-corrected chi connectivity index (χ4v) is 2.84. The standard InChI is InChI=1S/C12H16N2O2/c1-7-3-9-10(4-7)12(16)14(11(9)15)6-8(2)5-13/h7-10H,3-4,6H2,1-2H3. The average molecular weight is 220 g/mol. The molecule has 86 valence electrons. The minimum absolute atomic E-state index is 0.0542. The molecule has 2 amide bonds. The number of hydrogen-bond donors (Lipinski definition) is 0. The van der Waals surface area contributed by atoms with Crippen molar-refractivity contribution >= 4 is 11.8 Å². The van der Waals surface area contributed by atoms with Crippen LogP contribution in [0.4, 0.5) is 0 Å². The van der Waals surface area contributed by atoms with Crippen LogP contribution in [0.2, 0.25) is 0 Å². The molecule has 2 aliphatic rings. The van der Waals surface area contributed by atoms with Crippen molar-refractivity contribution in [3.63, 3.8) is 0 Å². The van der Waals surface area contributed by atoms with E-state index in [4.69, 9.17) is 5.26 Å². The van der Waals surface area contributed by atoms with Gasteiger partial charge < -0.3 is 0 Å². The number of nitriles is 1. The van der Waals surface area contributed by atoms with Crippen molar-refractivity contribution in [1.82, 2.24) is 4.90 Å². The van der Waals surface area contributed by atoms with Gasteiger partial charge in [0.2, 0.25) is 11.8 Å². The van der Waals surface area contributed by atoms with Crippen LogP contribution in [-0.2, 0) is 9.59 Å². The molecule has 1 aliphatic carbocycles. The van der Waals surface area contributed by atoms with Crippen LogP contribution < -0.4 is 0 Å². The summed E-state index contributed by atoms with van der Waals surface area (Å²) in [5.74, 6) is -0.118. The Bertz CT molecular complexity index is 348. The van der Waals surface area contributed by atoms with E-state index in [2.05, 4.69) is 13.0 Å². The molecule has 0 bridgehead atoms. The Labute approximate surface area is 95.2 Å². The van der Waals surface area contributed by atoms with E-state index in [1.54, 1.807) is 6.92 Å². The maximum Gasteiger partial charge on any atom is 0.233 e. The number of carbonyl (C=O) groups is 2. The molecule has 1 heterocycles. The number of rotatable bonds is 2. The summed E-state index contributed by atoms with van der Waals surface area (Å²) in [5.41, 5.74) is 0. The number of carbonyl (C=O) groups excluding carboxylic acids is 2. The molecule has 0 aromatic carbocycles. The second-order valence-electron chi connectivity index (χ2n) is 5.11. The van der Waals surface area contributed by atoms with Gasteiger partial charge in [0.25, 0.3) is 0 Å². The van der Waals surface area contributed by atoms with E-state index in [9.17, 15) is 9.59 Å². The first kappa shape index (κ1) is 11.1. The Morgan fingerprint density at radius 1 is 1.38 bits per heavy atom. The minimum Gasteiger partial charge on any atom is -0.281 e. The second kappa shape index (κ2) is 3.89. The molecule has 0 aromatic rings. The summed E-state index contributed by atoms with van der Waals surface area (Å²) in [6.07, 6.45) is 1.65. The van der Waals surface area contributed by atoms with Crippen LogP contribution in [0.5, 0.6) is 0 Å². The number of imide groups is 1. The van der Waals surface area contributed by atoms with Gasteiger partial charge in [-0.15, -0.1) is 0 Å². The van der Waals surface area contributed by atoms with Gasteiger partial charge >= 0.3 is 0 Å². The van der Waals surface area contributed by atoms with E-state index in [0.717, 1.165) is 12.8 Å². The van der Waals surface area contributed by atoms with Gasteiger partial charge in [-0.25, -0.2) is 0 Å². The largest absolute Gasteiger partial charge is 0.281 e. The lowest BCUT2D eigenvalue weighted by molar-refractivity contribution is -0.140. The smallest absolute Gasteiger partial charge is 0.233 e. The van der Waals surface area contributed by atoms with Gasteiger partial charge in [0.1, 0.15) is 0 Å². The van der Waals surface area contributed by atoms with Gasteiger partial charge in [-0.1, -0.05) is 6.92 Å². The monoisotopic (exact) mass is 220 g/mol. The van der Waals surface area contributed by atoms with Gasteiger partial charge in [-0.05, 0) is 25.7 Å². The molecule has 0 aromatic heterocycles. The quantitative estimate of drug-likeness (QED) is 0.656. The summed E-state index contributed by atoms with van der Waals surface area (Å²) >= 11 is 0. The average Bonchev–Trinajstić information content (AvgIpc) is 2.73. The Morgan fingerprint density at radius 2 is 1.88 bits per heavy atom. The van der Waals surface area contributed by atoms with Crippen LogP contribution in [0, 0.1) is 35.0 Å². The van der Waals surface area contributed by atoms with Gasteiger partial charge in [0.05, 0.1) is 23.8 Å². The zero-order valence-corrected chi connectivity index (χ0v) is 9.64. The van der Waals surface area contributed by atoms with Crippen LogP contribution in [0.25, 0.3) is 0 Å². The van der Waals surface area contributed by atoms with Crippen molar-refractivity contribution in [3.8, 4) is 6.07 Å². The van der Waals surface area contributed by atoms with Gasteiger partial charge in [0.15, 0.2) is 0 Å². The molecule has 2 rings (SSSR count). The molecule has 16 heavy (non-hydrogen) atoms. The molecule has 3 unspecified atom stereocenters. The van der Waals surface area contributed by atoms with E-state index >= 15 is 0 Å². The predicted octanol–water partition coefficient (Wildman–Crippen LogP) is 1.18. The molecule has 1 aliphatic heterocycles. The van der Waals surface area contributed by atoms with E-state index in [-0.39, 0.29) is 36.1 Å². The summed E-state index contributed by atoms with van der Waals surface area (Å²) in [7, 11) is 0. The van der Waals surface area contributed by atoms with Crippen LogP contribution in [-0.4, -0.2) is 23.3 Å². The Kier molecular flexibility index (Phi) is 2.71. The Morgan fingerprint density at radius 3 is 2.31 bits per heavy atom. The number of hydrogen-bond acceptors (Lipinski definition) is 3. The Balaban J connectivity index is 2.12. The highest BCUT2D eigenvalue weighted by Gasteiger charge is 2.51. The second-order valence-corrected chi connectivity index (χ2v) is 5.11. The molecule has 2 fully saturated rings. The van der Waals surface area contributed by atoms with E-state index < -0.39 is 0 Å². The third-order valence-corrected chi connectivity index (χ3v) is 3.64. The van der Waals surface area contributed by atoms with Crippen LogP contribution in [0.3, 0.4) is 0 Å². The molecule has 0 radical (unpaired) electrons.